The highest BCUT2D eigenvalue weighted by molar-refractivity contribution is 5.76. The van der Waals surface area contributed by atoms with Crippen molar-refractivity contribution in [3.05, 3.63) is 41.2 Å². The molecule has 2 aromatic rings. The molecule has 0 saturated carbocycles. The highest BCUT2D eigenvalue weighted by atomic mass is 16.2. The summed E-state index contributed by atoms with van der Waals surface area (Å²) >= 11 is 0. The van der Waals surface area contributed by atoms with E-state index in [1.165, 1.54) is 0 Å². The first kappa shape index (κ1) is 17.9. The van der Waals surface area contributed by atoms with Crippen molar-refractivity contribution < 1.29 is 4.79 Å². The maximum Gasteiger partial charge on any atom is 0.266 e. The number of hydrogen-bond acceptors (Lipinski definition) is 5. The van der Waals surface area contributed by atoms with Crippen molar-refractivity contribution in [1.29, 1.82) is 0 Å². The SMILES string of the molecule is O=C1CCCCN1CCN1CCCC1Cn1nc(-n2ccnc2)ccc1=O. The molecular formula is C19H26N6O2. The van der Waals surface area contributed by atoms with Crippen molar-refractivity contribution in [2.45, 2.75) is 44.7 Å². The average Bonchev–Trinajstić information content (AvgIpc) is 3.35. The molecule has 144 valence electrons. The third-order valence-electron chi connectivity index (χ3n) is 5.58. The first-order valence-electron chi connectivity index (χ1n) is 9.79. The zero-order chi connectivity index (χ0) is 18.6. The lowest BCUT2D eigenvalue weighted by Crippen LogP contribution is -2.44. The monoisotopic (exact) mass is 370 g/mol. The topological polar surface area (TPSA) is 76.3 Å². The van der Waals surface area contributed by atoms with Crippen molar-refractivity contribution in [2.75, 3.05) is 26.2 Å². The summed E-state index contributed by atoms with van der Waals surface area (Å²) in [6.07, 6.45) is 10.2. The minimum Gasteiger partial charge on any atom is -0.341 e. The summed E-state index contributed by atoms with van der Waals surface area (Å²) in [5.41, 5.74) is -0.0862. The summed E-state index contributed by atoms with van der Waals surface area (Å²) in [5.74, 6) is 0.971. The molecule has 8 heteroatoms. The molecule has 2 aliphatic rings. The predicted octanol–water partition coefficient (Wildman–Crippen LogP) is 0.906. The van der Waals surface area contributed by atoms with E-state index in [0.717, 1.165) is 51.9 Å². The number of hydrogen-bond donors (Lipinski definition) is 0. The molecule has 27 heavy (non-hydrogen) atoms. The number of rotatable bonds is 6. The van der Waals surface area contributed by atoms with E-state index in [9.17, 15) is 9.59 Å². The number of piperidine rings is 1. The minimum atomic E-state index is -0.0862. The van der Waals surface area contributed by atoms with Crippen LogP contribution in [0.1, 0.15) is 32.1 Å². The molecule has 0 aromatic carbocycles. The van der Waals surface area contributed by atoms with E-state index in [-0.39, 0.29) is 17.5 Å². The van der Waals surface area contributed by atoms with E-state index in [2.05, 4.69) is 15.0 Å². The Hall–Kier alpha value is -2.48. The molecule has 2 aromatic heterocycles. The van der Waals surface area contributed by atoms with Gasteiger partial charge in [-0.25, -0.2) is 9.67 Å². The van der Waals surface area contributed by atoms with Gasteiger partial charge in [0.05, 0.1) is 6.54 Å². The van der Waals surface area contributed by atoms with Gasteiger partial charge in [0.25, 0.3) is 5.56 Å². The van der Waals surface area contributed by atoms with Gasteiger partial charge in [-0.05, 0) is 38.3 Å². The fourth-order valence-corrected chi connectivity index (χ4v) is 4.04. The Morgan fingerprint density at radius 3 is 2.81 bits per heavy atom. The first-order chi connectivity index (χ1) is 13.2. The second kappa shape index (κ2) is 8.04. The van der Waals surface area contributed by atoms with Crippen LogP contribution in [0.5, 0.6) is 0 Å². The molecule has 2 saturated heterocycles. The maximum absolute atomic E-state index is 12.3. The zero-order valence-corrected chi connectivity index (χ0v) is 15.5. The molecule has 0 bridgehead atoms. The third kappa shape index (κ3) is 4.10. The second-order valence-corrected chi connectivity index (χ2v) is 7.35. The van der Waals surface area contributed by atoms with Gasteiger partial charge in [0.15, 0.2) is 5.82 Å². The number of nitrogens with zero attached hydrogens (tertiary/aromatic N) is 6. The van der Waals surface area contributed by atoms with E-state index in [1.807, 2.05) is 11.1 Å². The maximum atomic E-state index is 12.3. The van der Waals surface area contributed by atoms with Crippen molar-refractivity contribution in [1.82, 2.24) is 29.1 Å². The fourth-order valence-electron chi connectivity index (χ4n) is 4.04. The lowest BCUT2D eigenvalue weighted by atomic mass is 10.1. The van der Waals surface area contributed by atoms with Crippen LogP contribution in [0.25, 0.3) is 5.82 Å². The fraction of sp³-hybridized carbons (Fsp3) is 0.579. The van der Waals surface area contributed by atoms with Gasteiger partial charge >= 0.3 is 0 Å². The zero-order valence-electron chi connectivity index (χ0n) is 15.5. The van der Waals surface area contributed by atoms with Gasteiger partial charge < -0.3 is 4.90 Å². The number of carbonyl (C=O) groups is 1. The molecule has 4 rings (SSSR count). The molecule has 0 radical (unpaired) electrons. The van der Waals surface area contributed by atoms with Gasteiger partial charge in [-0.2, -0.15) is 5.10 Å². The van der Waals surface area contributed by atoms with Crippen molar-refractivity contribution in [3.63, 3.8) is 0 Å². The van der Waals surface area contributed by atoms with Crippen LogP contribution in [-0.2, 0) is 11.3 Å². The van der Waals surface area contributed by atoms with Crippen LogP contribution < -0.4 is 5.56 Å². The lowest BCUT2D eigenvalue weighted by molar-refractivity contribution is -0.133. The summed E-state index contributed by atoms with van der Waals surface area (Å²) in [6, 6.07) is 3.57. The van der Waals surface area contributed by atoms with Crippen LogP contribution in [-0.4, -0.2) is 67.3 Å². The summed E-state index contributed by atoms with van der Waals surface area (Å²) in [6.45, 7) is 4.13. The summed E-state index contributed by atoms with van der Waals surface area (Å²) in [5, 5.41) is 4.51. The van der Waals surface area contributed by atoms with E-state index in [0.29, 0.717) is 18.8 Å². The van der Waals surface area contributed by atoms with Gasteiger partial charge in [-0.15, -0.1) is 0 Å². The molecule has 0 N–H and O–H groups in total. The van der Waals surface area contributed by atoms with Crippen LogP contribution in [0.4, 0.5) is 0 Å². The van der Waals surface area contributed by atoms with Crippen molar-refractivity contribution in [2.24, 2.45) is 0 Å². The number of amides is 1. The third-order valence-corrected chi connectivity index (χ3v) is 5.58. The van der Waals surface area contributed by atoms with Crippen LogP contribution in [0.2, 0.25) is 0 Å². The molecule has 0 aliphatic carbocycles. The number of carbonyl (C=O) groups excluding carboxylic acids is 1. The molecule has 1 amide bonds. The van der Waals surface area contributed by atoms with E-state index >= 15 is 0 Å². The number of likely N-dealkylation sites (tertiary alicyclic amines) is 2. The van der Waals surface area contributed by atoms with Crippen LogP contribution >= 0.6 is 0 Å². The molecular weight excluding hydrogens is 344 g/mol. The lowest BCUT2D eigenvalue weighted by Gasteiger charge is -2.31. The number of aromatic nitrogens is 4. The highest BCUT2D eigenvalue weighted by Gasteiger charge is 2.27. The average molecular weight is 370 g/mol. The largest absolute Gasteiger partial charge is 0.341 e. The normalized spacial score (nSPS) is 21.1. The molecule has 0 spiro atoms. The summed E-state index contributed by atoms with van der Waals surface area (Å²) in [4.78, 5) is 32.7. The molecule has 2 aliphatic heterocycles. The Morgan fingerprint density at radius 2 is 2.00 bits per heavy atom. The molecule has 4 heterocycles. The number of imidazole rings is 1. The van der Waals surface area contributed by atoms with Gasteiger partial charge in [-0.1, -0.05) is 0 Å². The summed E-state index contributed by atoms with van der Waals surface area (Å²) in [7, 11) is 0. The van der Waals surface area contributed by atoms with E-state index in [4.69, 9.17) is 0 Å². The smallest absolute Gasteiger partial charge is 0.266 e. The quantitative estimate of drug-likeness (QED) is 0.755. The van der Waals surface area contributed by atoms with Crippen molar-refractivity contribution >= 4 is 5.91 Å². The van der Waals surface area contributed by atoms with Gasteiger partial charge in [-0.3, -0.25) is 19.1 Å². The molecule has 1 atom stereocenters. The van der Waals surface area contributed by atoms with Crippen LogP contribution in [0.3, 0.4) is 0 Å². The second-order valence-electron chi connectivity index (χ2n) is 7.35. The summed E-state index contributed by atoms with van der Waals surface area (Å²) < 4.78 is 3.36. The Kier molecular flexibility index (Phi) is 5.33. The standard InChI is InChI=1S/C19H26N6O2/c26-18-5-1-2-9-23(18)13-12-22-10-3-4-16(22)14-25-19(27)7-6-17(21-25)24-11-8-20-15-24/h6-8,11,15-16H,1-5,9-10,12-14H2. The highest BCUT2D eigenvalue weighted by Crippen LogP contribution is 2.19. The molecule has 1 unspecified atom stereocenters. The Bertz CT molecular complexity index is 831. The Morgan fingerprint density at radius 1 is 1.07 bits per heavy atom. The van der Waals surface area contributed by atoms with Gasteiger partial charge in [0, 0.05) is 50.6 Å². The van der Waals surface area contributed by atoms with Crippen LogP contribution in [0, 0.1) is 0 Å². The van der Waals surface area contributed by atoms with E-state index < -0.39 is 0 Å². The van der Waals surface area contributed by atoms with Gasteiger partial charge in [0.1, 0.15) is 6.33 Å². The van der Waals surface area contributed by atoms with Crippen LogP contribution in [0.15, 0.2) is 35.6 Å². The first-order valence-corrected chi connectivity index (χ1v) is 9.79. The van der Waals surface area contributed by atoms with E-state index in [1.54, 1.807) is 33.9 Å². The minimum absolute atomic E-state index is 0.0862. The molecule has 8 nitrogen and oxygen atoms in total. The van der Waals surface area contributed by atoms with Gasteiger partial charge in [0.2, 0.25) is 5.91 Å². The Labute approximate surface area is 158 Å². The Balaban J connectivity index is 1.41. The van der Waals surface area contributed by atoms with Crippen molar-refractivity contribution in [3.8, 4) is 5.82 Å². The molecule has 2 fully saturated rings. The predicted molar refractivity (Wildman–Crippen MR) is 101 cm³/mol.